The Hall–Kier alpha value is -0.653. The van der Waals surface area contributed by atoms with E-state index in [1.165, 1.54) is 6.08 Å². The van der Waals surface area contributed by atoms with Gasteiger partial charge in [-0.15, -0.1) is 0 Å². The molecule has 0 bridgehead atoms. The zero-order chi connectivity index (χ0) is 15.4. The average Bonchev–Trinajstić information content (AvgIpc) is 2.45. The average molecular weight is 302 g/mol. The second-order valence-corrected chi connectivity index (χ2v) is 6.76. The Bertz CT molecular complexity index is 273. The summed E-state index contributed by atoms with van der Waals surface area (Å²) in [7, 11) is 0.650. The molecule has 0 radical (unpaired) electrons. The topological polar surface area (TPSA) is 44.8 Å². The minimum Gasteiger partial charge on any atom is -0.456 e. The lowest BCUT2D eigenvalue weighted by Crippen LogP contribution is -2.49. The Morgan fingerprint density at radius 1 is 1.20 bits per heavy atom. The molecule has 0 rings (SSSR count). The SMILES string of the molecule is C=CC(=O)OC([SiH3])(CC)C(OCCCC)OCCCC. The lowest BCUT2D eigenvalue weighted by atomic mass is 10.2. The molecule has 1 atom stereocenters. The summed E-state index contributed by atoms with van der Waals surface area (Å²) in [5.41, 5.74) is 0. The molecule has 0 aliphatic heterocycles. The van der Waals surface area contributed by atoms with Gasteiger partial charge in [0.25, 0.3) is 0 Å². The maximum absolute atomic E-state index is 11.5. The minimum absolute atomic E-state index is 0.412. The summed E-state index contributed by atoms with van der Waals surface area (Å²) in [6, 6.07) is 0. The van der Waals surface area contributed by atoms with E-state index in [0.29, 0.717) is 29.9 Å². The van der Waals surface area contributed by atoms with Crippen LogP contribution in [0.1, 0.15) is 52.9 Å². The van der Waals surface area contributed by atoms with Crippen molar-refractivity contribution in [1.29, 1.82) is 0 Å². The zero-order valence-electron chi connectivity index (χ0n) is 13.4. The molecule has 0 aromatic heterocycles. The van der Waals surface area contributed by atoms with E-state index < -0.39 is 17.5 Å². The van der Waals surface area contributed by atoms with Gasteiger partial charge in [0.2, 0.25) is 0 Å². The minimum atomic E-state index is -0.646. The van der Waals surface area contributed by atoms with Crippen molar-refractivity contribution >= 4 is 16.2 Å². The molecule has 0 saturated carbocycles. The Balaban J connectivity index is 4.70. The van der Waals surface area contributed by atoms with Gasteiger partial charge < -0.3 is 14.2 Å². The third-order valence-electron chi connectivity index (χ3n) is 3.24. The van der Waals surface area contributed by atoms with Crippen molar-refractivity contribution in [3.63, 3.8) is 0 Å². The molecule has 4 nitrogen and oxygen atoms in total. The second kappa shape index (κ2) is 11.1. The van der Waals surface area contributed by atoms with Gasteiger partial charge in [0.15, 0.2) is 6.29 Å². The van der Waals surface area contributed by atoms with E-state index in [9.17, 15) is 4.79 Å². The van der Waals surface area contributed by atoms with Gasteiger partial charge >= 0.3 is 5.97 Å². The summed E-state index contributed by atoms with van der Waals surface area (Å²) in [5.74, 6) is -0.412. The zero-order valence-corrected chi connectivity index (χ0v) is 15.4. The lowest BCUT2D eigenvalue weighted by Gasteiger charge is -2.36. The molecule has 5 heteroatoms. The van der Waals surface area contributed by atoms with Crippen LogP contribution in [0.15, 0.2) is 12.7 Å². The van der Waals surface area contributed by atoms with Crippen LogP contribution in [0.25, 0.3) is 0 Å². The monoisotopic (exact) mass is 302 g/mol. The molecule has 1 unspecified atom stereocenters. The summed E-state index contributed by atoms with van der Waals surface area (Å²) in [6.07, 6.45) is 5.48. The first kappa shape index (κ1) is 19.3. The molecule has 0 aliphatic carbocycles. The van der Waals surface area contributed by atoms with Gasteiger partial charge in [-0.1, -0.05) is 40.2 Å². The summed E-state index contributed by atoms with van der Waals surface area (Å²) in [4.78, 5) is 11.5. The Morgan fingerprint density at radius 3 is 2.05 bits per heavy atom. The maximum Gasteiger partial charge on any atom is 0.330 e. The number of rotatable bonds is 12. The van der Waals surface area contributed by atoms with Crippen LogP contribution in [-0.2, 0) is 19.0 Å². The number of hydrogen-bond donors (Lipinski definition) is 0. The highest BCUT2D eigenvalue weighted by atomic mass is 28.1. The van der Waals surface area contributed by atoms with E-state index in [-0.39, 0.29) is 0 Å². The molecule has 0 heterocycles. The molecular formula is C15H30O4Si. The fourth-order valence-electron chi connectivity index (χ4n) is 1.63. The van der Waals surface area contributed by atoms with Crippen molar-refractivity contribution < 1.29 is 19.0 Å². The van der Waals surface area contributed by atoms with Crippen LogP contribution in [0, 0.1) is 0 Å². The third-order valence-corrected chi connectivity index (χ3v) is 4.62. The molecule has 0 N–H and O–H groups in total. The first-order valence-electron chi connectivity index (χ1n) is 7.62. The van der Waals surface area contributed by atoms with Crippen molar-refractivity contribution in [2.24, 2.45) is 0 Å². The number of unbranched alkanes of at least 4 members (excludes halogenated alkanes) is 2. The van der Waals surface area contributed by atoms with Crippen molar-refractivity contribution in [3.05, 3.63) is 12.7 Å². The molecule has 0 aromatic carbocycles. The molecule has 20 heavy (non-hydrogen) atoms. The molecule has 0 fully saturated rings. The number of esters is 1. The first-order valence-corrected chi connectivity index (χ1v) is 8.62. The predicted molar refractivity (Wildman–Crippen MR) is 84.8 cm³/mol. The third kappa shape index (κ3) is 7.22. The summed E-state index contributed by atoms with van der Waals surface area (Å²) in [5, 5.41) is -0.646. The molecule has 0 amide bonds. The standard InChI is InChI=1S/C15H30O4Si/c1-5-9-11-17-14(18-12-10-6-2)15(20,8-4)19-13(16)7-3/h7,14H,3,5-6,8-12H2,1-2,4,20H3. The van der Waals surface area contributed by atoms with Gasteiger partial charge in [0.05, 0.1) is 10.2 Å². The molecule has 0 saturated heterocycles. The number of ether oxygens (including phenoxy) is 3. The van der Waals surface area contributed by atoms with Crippen molar-refractivity contribution in [3.8, 4) is 0 Å². The normalized spacial score (nSPS) is 14.2. The summed E-state index contributed by atoms with van der Waals surface area (Å²) < 4.78 is 17.2. The van der Waals surface area contributed by atoms with Crippen LogP contribution in [0.5, 0.6) is 0 Å². The lowest BCUT2D eigenvalue weighted by molar-refractivity contribution is -0.223. The fourth-order valence-corrected chi connectivity index (χ4v) is 2.16. The van der Waals surface area contributed by atoms with Crippen LogP contribution in [0.3, 0.4) is 0 Å². The van der Waals surface area contributed by atoms with E-state index in [1.54, 1.807) is 0 Å². The Morgan fingerprint density at radius 2 is 1.70 bits per heavy atom. The second-order valence-electron chi connectivity index (χ2n) is 5.07. The summed E-state index contributed by atoms with van der Waals surface area (Å²) >= 11 is 0. The molecule has 0 spiro atoms. The van der Waals surface area contributed by atoms with Crippen LogP contribution in [-0.4, -0.2) is 40.9 Å². The number of carbonyl (C=O) groups is 1. The van der Waals surface area contributed by atoms with E-state index in [1.807, 2.05) is 6.92 Å². The van der Waals surface area contributed by atoms with Gasteiger partial charge in [0.1, 0.15) is 5.22 Å². The van der Waals surface area contributed by atoms with Gasteiger partial charge in [-0.25, -0.2) is 4.79 Å². The number of carbonyl (C=O) groups excluding carboxylic acids is 1. The van der Waals surface area contributed by atoms with Crippen molar-refractivity contribution in [2.45, 2.75) is 64.4 Å². The highest BCUT2D eigenvalue weighted by Gasteiger charge is 2.37. The molecule has 118 valence electrons. The van der Waals surface area contributed by atoms with E-state index in [2.05, 4.69) is 20.4 Å². The van der Waals surface area contributed by atoms with Crippen LogP contribution < -0.4 is 0 Å². The Kier molecular flexibility index (Phi) is 10.7. The molecular weight excluding hydrogens is 272 g/mol. The largest absolute Gasteiger partial charge is 0.456 e. The van der Waals surface area contributed by atoms with Crippen LogP contribution in [0.2, 0.25) is 0 Å². The van der Waals surface area contributed by atoms with E-state index in [4.69, 9.17) is 14.2 Å². The molecule has 0 aromatic rings. The van der Waals surface area contributed by atoms with E-state index in [0.717, 1.165) is 25.7 Å². The van der Waals surface area contributed by atoms with Gasteiger partial charge in [0, 0.05) is 19.3 Å². The van der Waals surface area contributed by atoms with Crippen molar-refractivity contribution in [2.75, 3.05) is 13.2 Å². The van der Waals surface area contributed by atoms with Gasteiger partial charge in [-0.05, 0) is 19.3 Å². The Labute approximate surface area is 126 Å². The predicted octanol–water partition coefficient (Wildman–Crippen LogP) is 2.15. The highest BCUT2D eigenvalue weighted by molar-refractivity contribution is 6.15. The first-order chi connectivity index (χ1) is 9.53. The van der Waals surface area contributed by atoms with Crippen LogP contribution >= 0.6 is 0 Å². The van der Waals surface area contributed by atoms with Crippen molar-refractivity contribution in [1.82, 2.24) is 0 Å². The highest BCUT2D eigenvalue weighted by Crippen LogP contribution is 2.22. The quantitative estimate of drug-likeness (QED) is 0.182. The van der Waals surface area contributed by atoms with Gasteiger partial charge in [-0.3, -0.25) is 0 Å². The molecule has 0 aliphatic rings. The summed E-state index contributed by atoms with van der Waals surface area (Å²) in [6.45, 7) is 10.9. The smallest absolute Gasteiger partial charge is 0.330 e. The number of hydrogen-bond acceptors (Lipinski definition) is 4. The maximum atomic E-state index is 11.5. The van der Waals surface area contributed by atoms with Crippen LogP contribution in [0.4, 0.5) is 0 Å². The fraction of sp³-hybridized carbons (Fsp3) is 0.800. The van der Waals surface area contributed by atoms with Gasteiger partial charge in [-0.2, -0.15) is 0 Å². The van der Waals surface area contributed by atoms with E-state index >= 15 is 0 Å².